The highest BCUT2D eigenvalue weighted by atomic mass is 16.4. The zero-order valence-corrected chi connectivity index (χ0v) is 17.1. The lowest BCUT2D eigenvalue weighted by molar-refractivity contribution is 0.0685. The van der Waals surface area contributed by atoms with Crippen molar-refractivity contribution in [2.24, 2.45) is 14.1 Å². The molecule has 1 fully saturated rings. The molecule has 8 heteroatoms. The van der Waals surface area contributed by atoms with Gasteiger partial charge in [0.05, 0.1) is 12.1 Å². The molecule has 0 radical (unpaired) electrons. The molecule has 0 N–H and O–H groups in total. The number of carbonyl (C=O) groups is 1. The third kappa shape index (κ3) is 3.85. The molecule has 8 nitrogen and oxygen atoms in total. The van der Waals surface area contributed by atoms with E-state index in [1.165, 1.54) is 24.7 Å². The van der Waals surface area contributed by atoms with Gasteiger partial charge in [0.15, 0.2) is 5.89 Å². The van der Waals surface area contributed by atoms with Crippen LogP contribution in [0.4, 0.5) is 0 Å². The molecular formula is C22H24N4O4. The van der Waals surface area contributed by atoms with E-state index in [2.05, 4.69) is 4.98 Å². The Kier molecular flexibility index (Phi) is 5.39. The van der Waals surface area contributed by atoms with Crippen LogP contribution in [-0.4, -0.2) is 38.0 Å². The van der Waals surface area contributed by atoms with Crippen LogP contribution in [-0.2, 0) is 20.5 Å². The smallest absolute Gasteiger partial charge is 0.331 e. The summed E-state index contributed by atoms with van der Waals surface area (Å²) in [6.45, 7) is 1.00. The van der Waals surface area contributed by atoms with Gasteiger partial charge < -0.3 is 9.32 Å². The van der Waals surface area contributed by atoms with E-state index in [0.717, 1.165) is 28.7 Å². The van der Waals surface area contributed by atoms with Crippen LogP contribution in [0.5, 0.6) is 0 Å². The van der Waals surface area contributed by atoms with E-state index in [4.69, 9.17) is 4.42 Å². The minimum atomic E-state index is -0.516. The Morgan fingerprint density at radius 1 is 1.17 bits per heavy atom. The molecule has 30 heavy (non-hydrogen) atoms. The van der Waals surface area contributed by atoms with Crippen LogP contribution in [0.15, 0.2) is 56.6 Å². The van der Waals surface area contributed by atoms with E-state index in [9.17, 15) is 14.4 Å². The fourth-order valence-electron chi connectivity index (χ4n) is 3.85. The lowest BCUT2D eigenvalue weighted by atomic mass is 9.97. The molecule has 0 bridgehead atoms. The second kappa shape index (κ2) is 8.14. The maximum Gasteiger partial charge on any atom is 0.331 e. The SMILES string of the molecule is Cn1c(C(=O)N2CCCC(c3ncc(Cc4ccccc4)o3)C2)cc(=O)n(C)c1=O. The molecule has 1 aromatic carbocycles. The number of aromatic nitrogens is 3. The van der Waals surface area contributed by atoms with Gasteiger partial charge >= 0.3 is 5.69 Å². The summed E-state index contributed by atoms with van der Waals surface area (Å²) in [4.78, 5) is 43.3. The molecule has 156 valence electrons. The number of rotatable bonds is 4. The fraction of sp³-hybridized carbons (Fsp3) is 0.364. The number of oxazole rings is 1. The largest absolute Gasteiger partial charge is 0.445 e. The van der Waals surface area contributed by atoms with E-state index < -0.39 is 11.2 Å². The van der Waals surface area contributed by atoms with Crippen LogP contribution in [0.3, 0.4) is 0 Å². The molecule has 1 aliphatic rings. The third-order valence-corrected chi connectivity index (χ3v) is 5.60. The third-order valence-electron chi connectivity index (χ3n) is 5.60. The summed E-state index contributed by atoms with van der Waals surface area (Å²) >= 11 is 0. The van der Waals surface area contributed by atoms with Crippen LogP contribution in [0.1, 0.15) is 46.5 Å². The van der Waals surface area contributed by atoms with Crippen LogP contribution in [0.25, 0.3) is 0 Å². The Labute approximate surface area is 173 Å². The first-order valence-electron chi connectivity index (χ1n) is 9.99. The summed E-state index contributed by atoms with van der Waals surface area (Å²) in [5, 5.41) is 0. The van der Waals surface area contributed by atoms with Crippen molar-refractivity contribution in [3.05, 3.63) is 86.3 Å². The summed E-state index contributed by atoms with van der Waals surface area (Å²) in [6, 6.07) is 11.2. The van der Waals surface area contributed by atoms with Gasteiger partial charge in [0.25, 0.3) is 11.5 Å². The predicted octanol–water partition coefficient (Wildman–Crippen LogP) is 1.68. The molecule has 1 atom stereocenters. The average Bonchev–Trinajstić information content (AvgIpc) is 3.23. The number of carbonyl (C=O) groups excluding carboxylic acids is 1. The highest BCUT2D eigenvalue weighted by Crippen LogP contribution is 2.28. The van der Waals surface area contributed by atoms with E-state index in [1.807, 2.05) is 30.3 Å². The van der Waals surface area contributed by atoms with Gasteiger partial charge in [0, 0.05) is 39.7 Å². The second-order valence-electron chi connectivity index (χ2n) is 7.69. The highest BCUT2D eigenvalue weighted by Gasteiger charge is 2.29. The van der Waals surface area contributed by atoms with Gasteiger partial charge in [0.1, 0.15) is 11.5 Å². The number of benzene rings is 1. The second-order valence-corrected chi connectivity index (χ2v) is 7.69. The number of amides is 1. The van der Waals surface area contributed by atoms with Crippen LogP contribution < -0.4 is 11.2 Å². The summed E-state index contributed by atoms with van der Waals surface area (Å²) in [6.07, 6.45) is 4.07. The van der Waals surface area contributed by atoms with Crippen molar-refractivity contribution in [1.82, 2.24) is 19.0 Å². The highest BCUT2D eigenvalue weighted by molar-refractivity contribution is 5.92. The van der Waals surface area contributed by atoms with Crippen molar-refractivity contribution in [3.63, 3.8) is 0 Å². The minimum absolute atomic E-state index is 0.0178. The fourth-order valence-corrected chi connectivity index (χ4v) is 3.85. The monoisotopic (exact) mass is 408 g/mol. The van der Waals surface area contributed by atoms with E-state index in [0.29, 0.717) is 25.4 Å². The van der Waals surface area contributed by atoms with Crippen molar-refractivity contribution in [1.29, 1.82) is 0 Å². The van der Waals surface area contributed by atoms with E-state index in [1.54, 1.807) is 11.1 Å². The summed E-state index contributed by atoms with van der Waals surface area (Å²) in [5.41, 5.74) is 0.235. The van der Waals surface area contributed by atoms with Gasteiger partial charge in [-0.15, -0.1) is 0 Å². The average molecular weight is 408 g/mol. The van der Waals surface area contributed by atoms with Gasteiger partial charge in [0.2, 0.25) is 0 Å². The van der Waals surface area contributed by atoms with Crippen molar-refractivity contribution < 1.29 is 9.21 Å². The number of likely N-dealkylation sites (tertiary alicyclic amines) is 1. The minimum Gasteiger partial charge on any atom is -0.445 e. The first-order chi connectivity index (χ1) is 14.4. The molecule has 0 saturated carbocycles. The first kappa shape index (κ1) is 19.9. The van der Waals surface area contributed by atoms with E-state index >= 15 is 0 Å². The van der Waals surface area contributed by atoms with Crippen molar-refractivity contribution in [2.45, 2.75) is 25.2 Å². The summed E-state index contributed by atoms with van der Waals surface area (Å²) in [5.74, 6) is 1.06. The predicted molar refractivity (Wildman–Crippen MR) is 111 cm³/mol. The quantitative estimate of drug-likeness (QED) is 0.655. The van der Waals surface area contributed by atoms with Gasteiger partial charge in [-0.05, 0) is 18.4 Å². The molecule has 1 unspecified atom stereocenters. The molecule has 4 rings (SSSR count). The Morgan fingerprint density at radius 3 is 2.70 bits per heavy atom. The zero-order chi connectivity index (χ0) is 21.3. The molecule has 2 aromatic heterocycles. The Balaban J connectivity index is 1.51. The van der Waals surface area contributed by atoms with Gasteiger partial charge in [-0.2, -0.15) is 0 Å². The molecular weight excluding hydrogens is 384 g/mol. The number of hydrogen-bond donors (Lipinski definition) is 0. The van der Waals surface area contributed by atoms with E-state index in [-0.39, 0.29) is 17.5 Å². The number of nitrogens with zero attached hydrogens (tertiary/aromatic N) is 4. The topological polar surface area (TPSA) is 90.3 Å². The lowest BCUT2D eigenvalue weighted by Gasteiger charge is -2.31. The Morgan fingerprint density at radius 2 is 1.93 bits per heavy atom. The zero-order valence-electron chi connectivity index (χ0n) is 17.1. The Bertz CT molecular complexity index is 1180. The molecule has 3 aromatic rings. The van der Waals surface area contributed by atoms with Crippen molar-refractivity contribution in [2.75, 3.05) is 13.1 Å². The molecule has 3 heterocycles. The number of piperidine rings is 1. The standard InChI is InChI=1S/C22H24N4O4/c1-24-18(12-19(27)25(2)22(24)29)21(28)26-10-6-9-16(14-26)20-23-13-17(30-20)11-15-7-4-3-5-8-15/h3-5,7-8,12-13,16H,6,9-11,14H2,1-2H3. The molecule has 1 saturated heterocycles. The summed E-state index contributed by atoms with van der Waals surface area (Å²) < 4.78 is 8.18. The maximum atomic E-state index is 13.0. The number of hydrogen-bond acceptors (Lipinski definition) is 5. The first-order valence-corrected chi connectivity index (χ1v) is 9.99. The van der Waals surface area contributed by atoms with Gasteiger partial charge in [-0.1, -0.05) is 30.3 Å². The van der Waals surface area contributed by atoms with Gasteiger partial charge in [-0.3, -0.25) is 18.7 Å². The molecule has 1 aliphatic heterocycles. The van der Waals surface area contributed by atoms with Crippen LogP contribution in [0, 0.1) is 0 Å². The molecule has 1 amide bonds. The lowest BCUT2D eigenvalue weighted by Crippen LogP contribution is -2.44. The normalized spacial score (nSPS) is 16.6. The molecule has 0 aliphatic carbocycles. The Hall–Kier alpha value is -3.42. The van der Waals surface area contributed by atoms with Crippen LogP contribution >= 0.6 is 0 Å². The van der Waals surface area contributed by atoms with Crippen molar-refractivity contribution >= 4 is 5.91 Å². The molecule has 0 spiro atoms. The van der Waals surface area contributed by atoms with Gasteiger partial charge in [-0.25, -0.2) is 9.78 Å². The summed E-state index contributed by atoms with van der Waals surface area (Å²) in [7, 11) is 2.89. The maximum absolute atomic E-state index is 13.0. The van der Waals surface area contributed by atoms with Crippen molar-refractivity contribution in [3.8, 4) is 0 Å². The van der Waals surface area contributed by atoms with Crippen LogP contribution in [0.2, 0.25) is 0 Å².